The molecule has 27 heavy (non-hydrogen) atoms. The lowest BCUT2D eigenvalue weighted by Gasteiger charge is -2.16. The van der Waals surface area contributed by atoms with Crippen LogP contribution in [0.15, 0.2) is 45.5 Å². The molecule has 0 aliphatic carbocycles. The zero-order valence-electron chi connectivity index (χ0n) is 15.0. The van der Waals surface area contributed by atoms with E-state index in [9.17, 15) is 4.79 Å². The number of carbonyl (C=O) groups is 1. The van der Waals surface area contributed by atoms with Crippen molar-refractivity contribution in [1.29, 1.82) is 0 Å². The maximum Gasteiger partial charge on any atom is 0.276 e. The fourth-order valence-corrected chi connectivity index (χ4v) is 2.87. The van der Waals surface area contributed by atoms with Crippen LogP contribution in [0.25, 0.3) is 11.5 Å². The Bertz CT molecular complexity index is 904. The summed E-state index contributed by atoms with van der Waals surface area (Å²) in [7, 11) is 3.79. The van der Waals surface area contributed by atoms with E-state index < -0.39 is 0 Å². The highest BCUT2D eigenvalue weighted by Crippen LogP contribution is 2.23. The molecule has 1 aliphatic heterocycles. The third-order valence-electron chi connectivity index (χ3n) is 4.30. The Kier molecular flexibility index (Phi) is 4.49. The van der Waals surface area contributed by atoms with Gasteiger partial charge in [-0.25, -0.2) is 0 Å². The SMILES string of the molecule is CN(C)c1ccc(OC2CCN(C(=O)c3cc(-c4ccco4)on3)C2)nn1. The summed E-state index contributed by atoms with van der Waals surface area (Å²) in [6, 6.07) is 8.69. The summed E-state index contributed by atoms with van der Waals surface area (Å²) in [6.45, 7) is 1.04. The van der Waals surface area contributed by atoms with E-state index in [1.54, 1.807) is 29.2 Å². The van der Waals surface area contributed by atoms with E-state index >= 15 is 0 Å². The summed E-state index contributed by atoms with van der Waals surface area (Å²) in [5.74, 6) is 1.96. The number of furan rings is 1. The van der Waals surface area contributed by atoms with Crippen LogP contribution in [0, 0.1) is 0 Å². The van der Waals surface area contributed by atoms with Crippen LogP contribution in [-0.2, 0) is 0 Å². The molecule has 0 bridgehead atoms. The van der Waals surface area contributed by atoms with Gasteiger partial charge in [0.05, 0.1) is 12.8 Å². The third kappa shape index (κ3) is 3.62. The molecule has 0 N–H and O–H groups in total. The molecular formula is C18H19N5O4. The van der Waals surface area contributed by atoms with Crippen LogP contribution in [0.3, 0.4) is 0 Å². The van der Waals surface area contributed by atoms with Gasteiger partial charge < -0.3 is 23.5 Å². The Balaban J connectivity index is 1.37. The van der Waals surface area contributed by atoms with Gasteiger partial charge in [-0.15, -0.1) is 10.2 Å². The monoisotopic (exact) mass is 369 g/mol. The molecule has 0 spiro atoms. The van der Waals surface area contributed by atoms with Gasteiger partial charge in [0.15, 0.2) is 17.3 Å². The summed E-state index contributed by atoms with van der Waals surface area (Å²) in [6.07, 6.45) is 2.12. The molecule has 1 unspecified atom stereocenters. The number of hydrogen-bond acceptors (Lipinski definition) is 8. The molecule has 1 fully saturated rings. The molecule has 1 saturated heterocycles. The second-order valence-corrected chi connectivity index (χ2v) is 6.46. The minimum atomic E-state index is -0.198. The van der Waals surface area contributed by atoms with Crippen molar-refractivity contribution in [3.05, 3.63) is 42.3 Å². The zero-order chi connectivity index (χ0) is 18.8. The maximum absolute atomic E-state index is 12.6. The number of amides is 1. The van der Waals surface area contributed by atoms with Crippen LogP contribution in [0.1, 0.15) is 16.9 Å². The molecule has 9 heteroatoms. The average molecular weight is 369 g/mol. The van der Waals surface area contributed by atoms with Gasteiger partial charge in [0, 0.05) is 39.2 Å². The number of aromatic nitrogens is 3. The predicted molar refractivity (Wildman–Crippen MR) is 95.5 cm³/mol. The summed E-state index contributed by atoms with van der Waals surface area (Å²) in [5.41, 5.74) is 0.247. The van der Waals surface area contributed by atoms with Gasteiger partial charge in [-0.3, -0.25) is 4.79 Å². The van der Waals surface area contributed by atoms with E-state index in [1.807, 2.05) is 25.1 Å². The van der Waals surface area contributed by atoms with E-state index in [0.29, 0.717) is 36.9 Å². The Morgan fingerprint density at radius 2 is 2.15 bits per heavy atom. The van der Waals surface area contributed by atoms with E-state index in [1.165, 1.54) is 6.26 Å². The fraction of sp³-hybridized carbons (Fsp3) is 0.333. The van der Waals surface area contributed by atoms with Gasteiger partial charge in [-0.05, 0) is 18.2 Å². The third-order valence-corrected chi connectivity index (χ3v) is 4.30. The molecular weight excluding hydrogens is 350 g/mol. The van der Waals surface area contributed by atoms with E-state index in [0.717, 1.165) is 5.82 Å². The van der Waals surface area contributed by atoms with E-state index in [2.05, 4.69) is 15.4 Å². The molecule has 4 heterocycles. The van der Waals surface area contributed by atoms with Crippen molar-refractivity contribution in [2.24, 2.45) is 0 Å². The Morgan fingerprint density at radius 1 is 1.26 bits per heavy atom. The van der Waals surface area contributed by atoms with Crippen molar-refractivity contribution < 1.29 is 18.5 Å². The van der Waals surface area contributed by atoms with Gasteiger partial charge in [-0.1, -0.05) is 5.16 Å². The van der Waals surface area contributed by atoms with Crippen LogP contribution in [0.5, 0.6) is 5.88 Å². The molecule has 3 aromatic heterocycles. The van der Waals surface area contributed by atoms with Crippen molar-refractivity contribution in [2.75, 3.05) is 32.1 Å². The average Bonchev–Trinajstić information content (AvgIpc) is 3.42. The molecule has 0 saturated carbocycles. The van der Waals surface area contributed by atoms with Crippen molar-refractivity contribution in [3.63, 3.8) is 0 Å². The quantitative estimate of drug-likeness (QED) is 0.674. The first-order valence-electron chi connectivity index (χ1n) is 8.58. The molecule has 4 rings (SSSR count). The number of ether oxygens (including phenoxy) is 1. The minimum absolute atomic E-state index is 0.134. The lowest BCUT2D eigenvalue weighted by atomic mass is 10.3. The highest BCUT2D eigenvalue weighted by atomic mass is 16.5. The summed E-state index contributed by atoms with van der Waals surface area (Å²) in [4.78, 5) is 16.2. The molecule has 0 radical (unpaired) electrons. The lowest BCUT2D eigenvalue weighted by molar-refractivity contribution is 0.0760. The molecule has 140 valence electrons. The topological polar surface area (TPSA) is 97.7 Å². The minimum Gasteiger partial charge on any atom is -0.471 e. The summed E-state index contributed by atoms with van der Waals surface area (Å²) < 4.78 is 16.3. The highest BCUT2D eigenvalue weighted by Gasteiger charge is 2.30. The second kappa shape index (κ2) is 7.10. The Morgan fingerprint density at radius 3 is 2.85 bits per heavy atom. The second-order valence-electron chi connectivity index (χ2n) is 6.46. The summed E-state index contributed by atoms with van der Waals surface area (Å²) >= 11 is 0. The smallest absolute Gasteiger partial charge is 0.276 e. The van der Waals surface area contributed by atoms with Crippen LogP contribution < -0.4 is 9.64 Å². The van der Waals surface area contributed by atoms with Crippen molar-refractivity contribution in [3.8, 4) is 17.4 Å². The summed E-state index contributed by atoms with van der Waals surface area (Å²) in [5, 5.41) is 12.0. The molecule has 1 aliphatic rings. The molecule has 9 nitrogen and oxygen atoms in total. The van der Waals surface area contributed by atoms with Crippen LogP contribution in [0.4, 0.5) is 5.82 Å². The van der Waals surface area contributed by atoms with Gasteiger partial charge in [0.1, 0.15) is 6.10 Å². The maximum atomic E-state index is 12.6. The van der Waals surface area contributed by atoms with Gasteiger partial charge in [-0.2, -0.15) is 0 Å². The first kappa shape index (κ1) is 17.1. The van der Waals surface area contributed by atoms with Crippen molar-refractivity contribution in [2.45, 2.75) is 12.5 Å². The van der Waals surface area contributed by atoms with Crippen LogP contribution >= 0.6 is 0 Å². The number of rotatable bonds is 5. The van der Waals surface area contributed by atoms with Crippen molar-refractivity contribution in [1.82, 2.24) is 20.3 Å². The Hall–Kier alpha value is -3.36. The van der Waals surface area contributed by atoms with Crippen LogP contribution in [-0.4, -0.2) is 59.4 Å². The fourth-order valence-electron chi connectivity index (χ4n) is 2.87. The number of anilines is 1. The standard InChI is InChI=1S/C18H19N5O4/c1-22(2)16-5-6-17(20-19-16)26-12-7-8-23(11-12)18(24)13-10-15(27-21-13)14-4-3-9-25-14/h3-6,9-10,12H,7-8,11H2,1-2H3. The number of carbonyl (C=O) groups excluding carboxylic acids is 1. The van der Waals surface area contributed by atoms with Gasteiger partial charge in [0.2, 0.25) is 11.6 Å². The van der Waals surface area contributed by atoms with E-state index in [4.69, 9.17) is 13.7 Å². The van der Waals surface area contributed by atoms with Crippen molar-refractivity contribution >= 4 is 11.7 Å². The number of likely N-dealkylation sites (tertiary alicyclic amines) is 1. The first-order valence-corrected chi connectivity index (χ1v) is 8.58. The zero-order valence-corrected chi connectivity index (χ0v) is 15.0. The molecule has 3 aromatic rings. The predicted octanol–water partition coefficient (Wildman–Crippen LogP) is 2.08. The van der Waals surface area contributed by atoms with E-state index in [-0.39, 0.29) is 17.7 Å². The van der Waals surface area contributed by atoms with Gasteiger partial charge >= 0.3 is 0 Å². The Labute approximate surface area is 155 Å². The lowest BCUT2D eigenvalue weighted by Crippen LogP contribution is -2.31. The highest BCUT2D eigenvalue weighted by molar-refractivity contribution is 5.93. The molecule has 1 atom stereocenters. The molecule has 1 amide bonds. The first-order chi connectivity index (χ1) is 13.1. The van der Waals surface area contributed by atoms with Gasteiger partial charge in [0.25, 0.3) is 5.91 Å². The normalized spacial score (nSPS) is 16.5. The number of hydrogen-bond donors (Lipinski definition) is 0. The largest absolute Gasteiger partial charge is 0.471 e. The number of nitrogens with zero attached hydrogens (tertiary/aromatic N) is 5. The van der Waals surface area contributed by atoms with Crippen LogP contribution in [0.2, 0.25) is 0 Å². The molecule has 0 aromatic carbocycles.